The van der Waals surface area contributed by atoms with Gasteiger partial charge in [-0.15, -0.1) is 0 Å². The van der Waals surface area contributed by atoms with Gasteiger partial charge in [0.05, 0.1) is 6.61 Å². The third-order valence-electron chi connectivity index (χ3n) is 4.61. The second-order valence-corrected chi connectivity index (χ2v) is 7.62. The molecule has 0 saturated heterocycles. The van der Waals surface area contributed by atoms with Crippen LogP contribution in [0.5, 0.6) is 11.5 Å². The van der Waals surface area contributed by atoms with E-state index in [2.05, 4.69) is 31.3 Å². The first kappa shape index (κ1) is 21.4. The molecule has 4 heteroatoms. The van der Waals surface area contributed by atoms with Gasteiger partial charge in [0.15, 0.2) is 6.10 Å². The normalized spacial score (nSPS) is 11.7. The number of amides is 1. The minimum absolute atomic E-state index is 0.166. The minimum atomic E-state index is -0.565. The number of carbonyl (C=O) groups is 1. The van der Waals surface area contributed by atoms with Crippen molar-refractivity contribution in [3.8, 4) is 22.6 Å². The summed E-state index contributed by atoms with van der Waals surface area (Å²) in [5, 5.41) is 2.92. The third-order valence-corrected chi connectivity index (χ3v) is 4.61. The molecule has 0 fully saturated rings. The maximum absolute atomic E-state index is 12.7. The van der Waals surface area contributed by atoms with Crippen molar-refractivity contribution >= 4 is 11.6 Å². The predicted molar refractivity (Wildman–Crippen MR) is 122 cm³/mol. The molecule has 0 saturated carbocycles. The van der Waals surface area contributed by atoms with Gasteiger partial charge in [0.25, 0.3) is 5.91 Å². The van der Waals surface area contributed by atoms with Crippen molar-refractivity contribution in [3.63, 3.8) is 0 Å². The van der Waals surface area contributed by atoms with Crippen molar-refractivity contribution in [3.05, 3.63) is 78.9 Å². The standard InChI is InChI=1S/C26H29NO3/c1-4-25(26(28)27-22-12-16-23(17-13-22)29-18-19(2)3)30-24-14-10-21(11-15-24)20-8-6-5-7-9-20/h5-17,19,25H,4,18H2,1-3H3,(H,27,28). The van der Waals surface area contributed by atoms with Crippen LogP contribution in [0.25, 0.3) is 11.1 Å². The Bertz CT molecular complexity index is 919. The molecule has 4 nitrogen and oxygen atoms in total. The van der Waals surface area contributed by atoms with E-state index in [1.54, 1.807) is 0 Å². The van der Waals surface area contributed by atoms with Gasteiger partial charge in [-0.25, -0.2) is 0 Å². The zero-order chi connectivity index (χ0) is 21.3. The lowest BCUT2D eigenvalue weighted by molar-refractivity contribution is -0.122. The zero-order valence-electron chi connectivity index (χ0n) is 17.8. The molecule has 156 valence electrons. The number of nitrogens with one attached hydrogen (secondary N) is 1. The van der Waals surface area contributed by atoms with Gasteiger partial charge in [-0.2, -0.15) is 0 Å². The van der Waals surface area contributed by atoms with Crippen molar-refractivity contribution in [1.29, 1.82) is 0 Å². The Balaban J connectivity index is 1.58. The Morgan fingerprint density at radius 1 is 0.833 bits per heavy atom. The number of carbonyl (C=O) groups excluding carboxylic acids is 1. The fourth-order valence-corrected chi connectivity index (χ4v) is 2.96. The maximum Gasteiger partial charge on any atom is 0.265 e. The molecule has 0 aliphatic rings. The van der Waals surface area contributed by atoms with E-state index in [1.807, 2.05) is 73.7 Å². The third kappa shape index (κ3) is 6.11. The lowest BCUT2D eigenvalue weighted by Crippen LogP contribution is -2.32. The van der Waals surface area contributed by atoms with Crippen LogP contribution >= 0.6 is 0 Å². The van der Waals surface area contributed by atoms with Gasteiger partial charge < -0.3 is 14.8 Å². The topological polar surface area (TPSA) is 47.6 Å². The van der Waals surface area contributed by atoms with Crippen molar-refractivity contribution < 1.29 is 14.3 Å². The number of ether oxygens (including phenoxy) is 2. The second kappa shape index (κ2) is 10.5. The van der Waals surface area contributed by atoms with E-state index in [9.17, 15) is 4.79 Å². The summed E-state index contributed by atoms with van der Waals surface area (Å²) < 4.78 is 11.6. The number of hydrogen-bond acceptors (Lipinski definition) is 3. The van der Waals surface area contributed by atoms with Crippen molar-refractivity contribution in [2.75, 3.05) is 11.9 Å². The summed E-state index contributed by atoms with van der Waals surface area (Å²) >= 11 is 0. The lowest BCUT2D eigenvalue weighted by Gasteiger charge is -2.18. The molecular formula is C26H29NO3. The smallest absolute Gasteiger partial charge is 0.265 e. The molecule has 1 unspecified atom stereocenters. The first-order valence-corrected chi connectivity index (χ1v) is 10.4. The fraction of sp³-hybridized carbons (Fsp3) is 0.269. The highest BCUT2D eigenvalue weighted by atomic mass is 16.5. The monoisotopic (exact) mass is 403 g/mol. The van der Waals surface area contributed by atoms with Gasteiger partial charge in [-0.1, -0.05) is 63.2 Å². The van der Waals surface area contributed by atoms with E-state index >= 15 is 0 Å². The first-order chi connectivity index (χ1) is 14.5. The van der Waals surface area contributed by atoms with E-state index in [0.29, 0.717) is 24.7 Å². The van der Waals surface area contributed by atoms with Crippen LogP contribution in [0.4, 0.5) is 5.69 Å². The Labute approximate surface area is 178 Å². The van der Waals surface area contributed by atoms with Crippen LogP contribution in [0.2, 0.25) is 0 Å². The molecule has 30 heavy (non-hydrogen) atoms. The van der Waals surface area contributed by atoms with E-state index in [-0.39, 0.29) is 5.91 Å². The largest absolute Gasteiger partial charge is 0.493 e. The molecule has 3 rings (SSSR count). The van der Waals surface area contributed by atoms with Gasteiger partial charge in [0.1, 0.15) is 11.5 Å². The van der Waals surface area contributed by atoms with E-state index in [1.165, 1.54) is 0 Å². The molecule has 1 N–H and O–H groups in total. The van der Waals surface area contributed by atoms with Crippen LogP contribution < -0.4 is 14.8 Å². The van der Waals surface area contributed by atoms with Gasteiger partial charge >= 0.3 is 0 Å². The van der Waals surface area contributed by atoms with Gasteiger partial charge in [-0.05, 0) is 59.9 Å². The number of hydrogen-bond donors (Lipinski definition) is 1. The number of benzene rings is 3. The molecule has 0 aliphatic carbocycles. The molecule has 0 aliphatic heterocycles. The van der Waals surface area contributed by atoms with Gasteiger partial charge in [0, 0.05) is 5.69 Å². The fourth-order valence-electron chi connectivity index (χ4n) is 2.96. The van der Waals surface area contributed by atoms with Crippen molar-refractivity contribution in [1.82, 2.24) is 0 Å². The van der Waals surface area contributed by atoms with Crippen LogP contribution in [-0.2, 0) is 4.79 Å². The van der Waals surface area contributed by atoms with Crippen LogP contribution in [0.1, 0.15) is 27.2 Å². The Morgan fingerprint density at radius 2 is 1.43 bits per heavy atom. The molecule has 0 heterocycles. The van der Waals surface area contributed by atoms with Crippen molar-refractivity contribution in [2.24, 2.45) is 5.92 Å². The van der Waals surface area contributed by atoms with Crippen LogP contribution in [0, 0.1) is 5.92 Å². The molecule has 1 amide bonds. The van der Waals surface area contributed by atoms with Crippen molar-refractivity contribution in [2.45, 2.75) is 33.3 Å². The highest BCUT2D eigenvalue weighted by Gasteiger charge is 2.18. The summed E-state index contributed by atoms with van der Waals surface area (Å²) in [6, 6.07) is 25.4. The molecule has 3 aromatic rings. The van der Waals surface area contributed by atoms with E-state index < -0.39 is 6.10 Å². The zero-order valence-corrected chi connectivity index (χ0v) is 17.8. The summed E-state index contributed by atoms with van der Waals surface area (Å²) in [6.07, 6.45) is 0.00595. The molecule has 0 spiro atoms. The maximum atomic E-state index is 12.7. The highest BCUT2D eigenvalue weighted by molar-refractivity contribution is 5.94. The average Bonchev–Trinajstić information content (AvgIpc) is 2.78. The number of anilines is 1. The highest BCUT2D eigenvalue weighted by Crippen LogP contribution is 2.23. The second-order valence-electron chi connectivity index (χ2n) is 7.62. The summed E-state index contributed by atoms with van der Waals surface area (Å²) in [5.41, 5.74) is 2.98. The Hall–Kier alpha value is -3.27. The SMILES string of the molecule is CCC(Oc1ccc(-c2ccccc2)cc1)C(=O)Nc1ccc(OCC(C)C)cc1. The summed E-state index contributed by atoms with van der Waals surface area (Å²) in [6.45, 7) is 6.81. The van der Waals surface area contributed by atoms with E-state index in [0.717, 1.165) is 22.6 Å². The molecule has 1 atom stereocenters. The predicted octanol–water partition coefficient (Wildman–Crippen LogP) is 6.18. The van der Waals surface area contributed by atoms with Crippen LogP contribution in [-0.4, -0.2) is 18.6 Å². The molecule has 0 radical (unpaired) electrons. The summed E-state index contributed by atoms with van der Waals surface area (Å²) in [7, 11) is 0. The lowest BCUT2D eigenvalue weighted by atomic mass is 10.1. The first-order valence-electron chi connectivity index (χ1n) is 10.4. The molecule has 0 aromatic heterocycles. The van der Waals surface area contributed by atoms with E-state index in [4.69, 9.17) is 9.47 Å². The van der Waals surface area contributed by atoms with Gasteiger partial charge in [-0.3, -0.25) is 4.79 Å². The minimum Gasteiger partial charge on any atom is -0.493 e. The van der Waals surface area contributed by atoms with Crippen LogP contribution in [0.15, 0.2) is 78.9 Å². The molecule has 0 bridgehead atoms. The Kier molecular flexibility index (Phi) is 7.50. The quantitative estimate of drug-likeness (QED) is 0.464. The average molecular weight is 404 g/mol. The van der Waals surface area contributed by atoms with Crippen LogP contribution in [0.3, 0.4) is 0 Å². The molecule has 3 aromatic carbocycles. The van der Waals surface area contributed by atoms with Gasteiger partial charge in [0.2, 0.25) is 0 Å². The summed E-state index contributed by atoms with van der Waals surface area (Å²) in [5.74, 6) is 1.77. The number of rotatable bonds is 9. The Morgan fingerprint density at radius 3 is 2.03 bits per heavy atom. The molecular weight excluding hydrogens is 374 g/mol. The summed E-state index contributed by atoms with van der Waals surface area (Å²) in [4.78, 5) is 12.7.